The lowest BCUT2D eigenvalue weighted by molar-refractivity contribution is -0.539. The summed E-state index contributed by atoms with van der Waals surface area (Å²) >= 11 is 0. The summed E-state index contributed by atoms with van der Waals surface area (Å²) in [4.78, 5) is 11.4. The zero-order valence-corrected chi connectivity index (χ0v) is 34.2. The topological polar surface area (TPSA) is 25.0 Å². The lowest BCUT2D eigenvalue weighted by atomic mass is 9.95. The van der Waals surface area contributed by atoms with Crippen LogP contribution in [0.25, 0.3) is 0 Å². The molecule has 0 radical (unpaired) electrons. The van der Waals surface area contributed by atoms with Crippen molar-refractivity contribution in [1.82, 2.24) is 19.6 Å². The minimum absolute atomic E-state index is 1.08. The van der Waals surface area contributed by atoms with E-state index in [4.69, 9.17) is 0 Å². The van der Waals surface area contributed by atoms with Gasteiger partial charge in [-0.05, 0) is 89.2 Å². The van der Waals surface area contributed by atoms with Crippen molar-refractivity contribution in [3.8, 4) is 0 Å². The first kappa shape index (κ1) is 36.7. The summed E-state index contributed by atoms with van der Waals surface area (Å²) in [5, 5.41) is 0. The van der Waals surface area contributed by atoms with Crippen molar-refractivity contribution < 1.29 is 18.3 Å². The molecule has 0 fully saturated rings. The molecule has 1 aromatic rings. The molecule has 8 heterocycles. The number of nitrogens with zero attached hydrogens (tertiary/aromatic N) is 8. The van der Waals surface area contributed by atoms with Gasteiger partial charge in [0.1, 0.15) is 26.2 Å². The van der Waals surface area contributed by atoms with Crippen LogP contribution in [0.15, 0.2) is 12.1 Å². The second-order valence-electron chi connectivity index (χ2n) is 18.3. The Kier molecular flexibility index (Phi) is 11.9. The third-order valence-electron chi connectivity index (χ3n) is 14.6. The van der Waals surface area contributed by atoms with Gasteiger partial charge in [0.05, 0.1) is 78.5 Å². The predicted molar refractivity (Wildman–Crippen MR) is 220 cm³/mol. The average Bonchev–Trinajstić information content (AvgIpc) is 3.78. The Hall–Kier alpha value is -2.90. The molecule has 0 bridgehead atoms. The van der Waals surface area contributed by atoms with E-state index in [0.29, 0.717) is 0 Å². The van der Waals surface area contributed by atoms with Gasteiger partial charge in [0.2, 0.25) is 23.3 Å². The van der Waals surface area contributed by atoms with Crippen LogP contribution < -0.4 is 0 Å². The third-order valence-corrected chi connectivity index (χ3v) is 14.6. The maximum absolute atomic E-state index is 2.85. The Labute approximate surface area is 327 Å². The summed E-state index contributed by atoms with van der Waals surface area (Å²) in [5.41, 5.74) is 6.50. The van der Waals surface area contributed by atoms with Crippen molar-refractivity contribution in [3.05, 3.63) is 34.4 Å². The zero-order chi connectivity index (χ0) is 36.1. The molecule has 0 amide bonds. The zero-order valence-electron chi connectivity index (χ0n) is 34.2. The summed E-state index contributed by atoms with van der Waals surface area (Å²) in [7, 11) is 0. The second kappa shape index (κ2) is 17.5. The van der Waals surface area contributed by atoms with Gasteiger partial charge in [-0.2, -0.15) is 0 Å². The van der Waals surface area contributed by atoms with Crippen LogP contribution in [0.5, 0.6) is 0 Å². The van der Waals surface area contributed by atoms with Crippen LogP contribution in [0.3, 0.4) is 0 Å². The van der Waals surface area contributed by atoms with Crippen LogP contribution in [0.1, 0.15) is 151 Å². The van der Waals surface area contributed by atoms with Crippen LogP contribution in [0, 0.1) is 0 Å². The predicted octanol–water partition coefficient (Wildman–Crippen LogP) is 6.45. The minimum atomic E-state index is 1.08. The molecule has 8 aliphatic rings. The van der Waals surface area contributed by atoms with Gasteiger partial charge >= 0.3 is 0 Å². The summed E-state index contributed by atoms with van der Waals surface area (Å²) in [6.07, 6.45) is 26.7. The first-order chi connectivity index (χ1) is 26.8. The Morgan fingerprint density at radius 3 is 0.796 bits per heavy atom. The fourth-order valence-electron chi connectivity index (χ4n) is 11.8. The number of rotatable bonds is 8. The largest absolute Gasteiger partial charge is 0.266 e. The molecule has 0 saturated carbocycles. The SMILES string of the molecule is c1c(CN2CCC[N+]3=C2CCCCC3)c(CN2CCC[N+]3=C2CCCCC3)cc(CN2CCC[N+]3=C2CCCCC3)c1CN1CCC[N+]2=C1CCCCC2. The number of hydrogen-bond acceptors (Lipinski definition) is 4. The van der Waals surface area contributed by atoms with Crippen LogP contribution in [0.2, 0.25) is 0 Å². The molecule has 0 aromatic heterocycles. The minimum Gasteiger partial charge on any atom is -0.266 e. The first-order valence-electron chi connectivity index (χ1n) is 23.3. The molecule has 54 heavy (non-hydrogen) atoms. The van der Waals surface area contributed by atoms with Gasteiger partial charge in [-0.25, -0.2) is 0 Å². The van der Waals surface area contributed by atoms with E-state index in [2.05, 4.69) is 50.0 Å². The van der Waals surface area contributed by atoms with Gasteiger partial charge in [-0.15, -0.1) is 0 Å². The van der Waals surface area contributed by atoms with Crippen molar-refractivity contribution in [2.75, 3.05) is 78.5 Å². The maximum Gasteiger partial charge on any atom is 0.247 e. The highest BCUT2D eigenvalue weighted by Crippen LogP contribution is 2.29. The highest BCUT2D eigenvalue weighted by molar-refractivity contribution is 5.80. The molecule has 0 saturated heterocycles. The Morgan fingerprint density at radius 1 is 0.296 bits per heavy atom. The maximum atomic E-state index is 2.85. The van der Waals surface area contributed by atoms with E-state index in [1.54, 1.807) is 45.6 Å². The fraction of sp³-hybridized carbons (Fsp3) is 0.783. The van der Waals surface area contributed by atoms with Crippen molar-refractivity contribution in [3.63, 3.8) is 0 Å². The summed E-state index contributed by atoms with van der Waals surface area (Å²) in [5.74, 6) is 6.65. The molecule has 0 spiro atoms. The molecule has 8 aliphatic heterocycles. The van der Waals surface area contributed by atoms with E-state index in [0.717, 1.165) is 26.2 Å². The monoisotopic (exact) mass is 739 g/mol. The van der Waals surface area contributed by atoms with E-state index in [-0.39, 0.29) is 0 Å². The normalized spacial score (nSPS) is 24.7. The molecule has 1 aromatic carbocycles. The smallest absolute Gasteiger partial charge is 0.247 e. The van der Waals surface area contributed by atoms with Gasteiger partial charge in [0.25, 0.3) is 0 Å². The van der Waals surface area contributed by atoms with Gasteiger partial charge in [0, 0.05) is 73.6 Å². The molecule has 9 rings (SSSR count). The third kappa shape index (κ3) is 8.28. The van der Waals surface area contributed by atoms with Crippen LogP contribution in [-0.4, -0.2) is 140 Å². The quantitative estimate of drug-likeness (QED) is 0.287. The van der Waals surface area contributed by atoms with Crippen molar-refractivity contribution in [2.24, 2.45) is 0 Å². The number of amidine groups is 4. The van der Waals surface area contributed by atoms with Gasteiger partial charge in [0.15, 0.2) is 0 Å². The van der Waals surface area contributed by atoms with E-state index in [1.165, 1.54) is 207 Å². The Bertz CT molecular complexity index is 1400. The summed E-state index contributed by atoms with van der Waals surface area (Å²) < 4.78 is 11.1. The summed E-state index contributed by atoms with van der Waals surface area (Å²) in [6.45, 7) is 19.3. The molecule has 0 aliphatic carbocycles. The van der Waals surface area contributed by atoms with E-state index in [9.17, 15) is 0 Å². The van der Waals surface area contributed by atoms with E-state index in [1.807, 2.05) is 0 Å². The van der Waals surface area contributed by atoms with Crippen LogP contribution in [-0.2, 0) is 26.2 Å². The number of benzene rings is 1. The molecule has 0 unspecified atom stereocenters. The lowest BCUT2D eigenvalue weighted by Gasteiger charge is -2.31. The number of hydrogen-bond donors (Lipinski definition) is 0. The van der Waals surface area contributed by atoms with Crippen molar-refractivity contribution in [2.45, 2.75) is 155 Å². The Balaban J connectivity index is 1.12. The van der Waals surface area contributed by atoms with Crippen LogP contribution >= 0.6 is 0 Å². The second-order valence-corrected chi connectivity index (χ2v) is 18.3. The van der Waals surface area contributed by atoms with Gasteiger partial charge in [-0.3, -0.25) is 37.9 Å². The molecular weight excluding hydrogens is 665 g/mol. The molecular formula is C46H74N8+4. The van der Waals surface area contributed by atoms with Crippen LogP contribution in [0.4, 0.5) is 0 Å². The Morgan fingerprint density at radius 2 is 0.537 bits per heavy atom. The lowest BCUT2D eigenvalue weighted by Crippen LogP contribution is -2.45. The molecule has 8 nitrogen and oxygen atoms in total. The van der Waals surface area contributed by atoms with Crippen molar-refractivity contribution in [1.29, 1.82) is 0 Å². The standard InChI is InChI=1S/C46H74N8/c1-5-17-43-47(21-9-1)25-13-29-51(43)35-39-33-41(37-53-31-15-27-49-23-11-3-7-19-45(49)53)42(38-54-32-16-28-50-24-12-4-8-20-46(50)54)34-40(39)36-52-30-14-26-48-22-10-2-6-18-44(48)52/h33-34H,1-32,35-38H2/q+4. The average molecular weight is 739 g/mol. The highest BCUT2D eigenvalue weighted by atomic mass is 15.3. The molecule has 0 N–H and O–H groups in total. The molecule has 294 valence electrons. The van der Waals surface area contributed by atoms with Gasteiger partial charge < -0.3 is 0 Å². The molecule has 8 heteroatoms. The van der Waals surface area contributed by atoms with E-state index < -0.39 is 0 Å². The van der Waals surface area contributed by atoms with Crippen molar-refractivity contribution >= 4 is 23.3 Å². The molecule has 0 atom stereocenters. The highest BCUT2D eigenvalue weighted by Gasteiger charge is 2.36. The first-order valence-corrected chi connectivity index (χ1v) is 23.3. The van der Waals surface area contributed by atoms with E-state index >= 15 is 0 Å². The van der Waals surface area contributed by atoms with Gasteiger partial charge in [-0.1, -0.05) is 0 Å². The summed E-state index contributed by atoms with van der Waals surface area (Å²) in [6, 6.07) is 5.58. The fourth-order valence-corrected chi connectivity index (χ4v) is 11.8.